The van der Waals surface area contributed by atoms with Crippen molar-refractivity contribution < 1.29 is 15.3 Å². The molecule has 3 heteroatoms. The summed E-state index contributed by atoms with van der Waals surface area (Å²) in [5.41, 5.74) is 3.07. The van der Waals surface area contributed by atoms with Gasteiger partial charge in [0.2, 0.25) is 0 Å². The van der Waals surface area contributed by atoms with E-state index in [0.29, 0.717) is 18.4 Å². The molecule has 0 aliphatic carbocycles. The first-order chi connectivity index (χ1) is 9.08. The lowest BCUT2D eigenvalue weighted by atomic mass is 9.93. The average Bonchev–Trinajstić information content (AvgIpc) is 2.39. The zero-order valence-electron chi connectivity index (χ0n) is 11.1. The molecular weight excluding hydrogens is 240 g/mol. The maximum absolute atomic E-state index is 10.3. The highest BCUT2D eigenvalue weighted by Crippen LogP contribution is 2.39. The molecule has 0 fully saturated rings. The Kier molecular flexibility index (Phi) is 3.65. The van der Waals surface area contributed by atoms with E-state index in [-0.39, 0.29) is 17.2 Å². The molecule has 3 N–H and O–H groups in total. The predicted octanol–water partition coefficient (Wildman–Crippen LogP) is 3.60. The highest BCUT2D eigenvalue weighted by molar-refractivity contribution is 5.74. The van der Waals surface area contributed by atoms with E-state index in [2.05, 4.69) is 0 Å². The van der Waals surface area contributed by atoms with E-state index in [4.69, 9.17) is 0 Å². The van der Waals surface area contributed by atoms with Gasteiger partial charge in [-0.2, -0.15) is 0 Å². The molecule has 2 aromatic carbocycles. The van der Waals surface area contributed by atoms with E-state index in [9.17, 15) is 15.3 Å². The Balaban J connectivity index is 2.66. The SMILES string of the molecule is CCc1c(O)cc(-c2ccc(O)cc2)c(CC)c1O. The fraction of sp³-hybridized carbons (Fsp3) is 0.250. The zero-order valence-corrected chi connectivity index (χ0v) is 11.1. The van der Waals surface area contributed by atoms with Crippen molar-refractivity contribution in [3.63, 3.8) is 0 Å². The molecular formula is C16H18O3. The molecule has 0 saturated carbocycles. The minimum absolute atomic E-state index is 0.111. The van der Waals surface area contributed by atoms with Crippen molar-refractivity contribution in [2.45, 2.75) is 26.7 Å². The fourth-order valence-corrected chi connectivity index (χ4v) is 2.35. The van der Waals surface area contributed by atoms with Crippen molar-refractivity contribution in [2.24, 2.45) is 0 Å². The lowest BCUT2D eigenvalue weighted by molar-refractivity contribution is 0.436. The molecule has 100 valence electrons. The van der Waals surface area contributed by atoms with Crippen LogP contribution in [0.2, 0.25) is 0 Å². The summed E-state index contributed by atoms with van der Waals surface area (Å²) in [6.45, 7) is 3.86. The largest absolute Gasteiger partial charge is 0.508 e. The van der Waals surface area contributed by atoms with Gasteiger partial charge in [0.1, 0.15) is 17.2 Å². The Labute approximate surface area is 112 Å². The molecule has 0 aromatic heterocycles. The number of rotatable bonds is 3. The van der Waals surface area contributed by atoms with Gasteiger partial charge < -0.3 is 15.3 Å². The third-order valence-corrected chi connectivity index (χ3v) is 3.37. The fourth-order valence-electron chi connectivity index (χ4n) is 2.35. The van der Waals surface area contributed by atoms with Crippen molar-refractivity contribution in [1.82, 2.24) is 0 Å². The predicted molar refractivity (Wildman–Crippen MR) is 75.6 cm³/mol. The van der Waals surface area contributed by atoms with Crippen LogP contribution in [0.5, 0.6) is 17.2 Å². The van der Waals surface area contributed by atoms with Gasteiger partial charge in [0.25, 0.3) is 0 Å². The Morgan fingerprint density at radius 3 is 1.95 bits per heavy atom. The number of aromatic hydroxyl groups is 3. The lowest BCUT2D eigenvalue weighted by Gasteiger charge is -2.15. The molecule has 0 aliphatic heterocycles. The van der Waals surface area contributed by atoms with Crippen molar-refractivity contribution >= 4 is 0 Å². The molecule has 2 aromatic rings. The maximum atomic E-state index is 10.3. The smallest absolute Gasteiger partial charge is 0.126 e. The summed E-state index contributed by atoms with van der Waals surface area (Å²) in [6, 6.07) is 8.42. The summed E-state index contributed by atoms with van der Waals surface area (Å²) in [4.78, 5) is 0. The van der Waals surface area contributed by atoms with Crippen LogP contribution in [0.3, 0.4) is 0 Å². The van der Waals surface area contributed by atoms with Crippen LogP contribution in [0.25, 0.3) is 11.1 Å². The number of phenols is 3. The quantitative estimate of drug-likeness (QED) is 0.788. The molecule has 0 heterocycles. The molecule has 19 heavy (non-hydrogen) atoms. The van der Waals surface area contributed by atoms with Gasteiger partial charge >= 0.3 is 0 Å². The van der Waals surface area contributed by atoms with Crippen molar-refractivity contribution in [1.29, 1.82) is 0 Å². The Morgan fingerprint density at radius 1 is 0.842 bits per heavy atom. The van der Waals surface area contributed by atoms with Gasteiger partial charge in [-0.05, 0) is 42.2 Å². The van der Waals surface area contributed by atoms with Crippen molar-refractivity contribution in [2.75, 3.05) is 0 Å². The van der Waals surface area contributed by atoms with Gasteiger partial charge in [-0.1, -0.05) is 26.0 Å². The molecule has 2 rings (SSSR count). The average molecular weight is 258 g/mol. The summed E-state index contributed by atoms with van der Waals surface area (Å²) in [5, 5.41) is 29.6. The number of benzene rings is 2. The summed E-state index contributed by atoms with van der Waals surface area (Å²) in [5.74, 6) is 0.480. The third-order valence-electron chi connectivity index (χ3n) is 3.37. The van der Waals surface area contributed by atoms with E-state index in [1.807, 2.05) is 13.8 Å². The van der Waals surface area contributed by atoms with Crippen molar-refractivity contribution in [3.05, 3.63) is 41.5 Å². The monoisotopic (exact) mass is 258 g/mol. The summed E-state index contributed by atoms with van der Waals surface area (Å²) in [7, 11) is 0. The van der Waals surface area contributed by atoms with E-state index in [0.717, 1.165) is 16.7 Å². The molecule has 0 atom stereocenters. The second kappa shape index (κ2) is 5.22. The summed E-state index contributed by atoms with van der Waals surface area (Å²) >= 11 is 0. The van der Waals surface area contributed by atoms with Gasteiger partial charge in [0, 0.05) is 11.1 Å². The highest BCUT2D eigenvalue weighted by atomic mass is 16.3. The summed E-state index contributed by atoms with van der Waals surface area (Å²) in [6.07, 6.45) is 1.26. The number of hydrogen-bond donors (Lipinski definition) is 3. The van der Waals surface area contributed by atoms with Crippen LogP contribution in [-0.4, -0.2) is 15.3 Å². The second-order valence-corrected chi connectivity index (χ2v) is 4.50. The van der Waals surface area contributed by atoms with E-state index < -0.39 is 0 Å². The molecule has 0 bridgehead atoms. The van der Waals surface area contributed by atoms with Crippen LogP contribution in [-0.2, 0) is 12.8 Å². The maximum Gasteiger partial charge on any atom is 0.126 e. The zero-order chi connectivity index (χ0) is 14.0. The first-order valence-electron chi connectivity index (χ1n) is 6.44. The molecule has 0 radical (unpaired) electrons. The Bertz CT molecular complexity index is 586. The van der Waals surface area contributed by atoms with Crippen LogP contribution < -0.4 is 0 Å². The summed E-state index contributed by atoms with van der Waals surface area (Å²) < 4.78 is 0. The van der Waals surface area contributed by atoms with Gasteiger partial charge in [-0.15, -0.1) is 0 Å². The first kappa shape index (κ1) is 13.3. The number of hydrogen-bond acceptors (Lipinski definition) is 3. The van der Waals surface area contributed by atoms with E-state index in [1.54, 1.807) is 30.3 Å². The minimum Gasteiger partial charge on any atom is -0.508 e. The topological polar surface area (TPSA) is 60.7 Å². The molecule has 0 aliphatic rings. The van der Waals surface area contributed by atoms with Crippen LogP contribution in [0.15, 0.2) is 30.3 Å². The minimum atomic E-state index is 0.111. The van der Waals surface area contributed by atoms with Gasteiger partial charge in [-0.25, -0.2) is 0 Å². The standard InChI is InChI=1S/C16H18O3/c1-3-12-14(10-5-7-11(17)8-6-10)9-15(18)13(4-2)16(12)19/h5-9,17-19H,3-4H2,1-2H3. The van der Waals surface area contributed by atoms with Gasteiger partial charge in [0.05, 0.1) is 0 Å². The first-order valence-corrected chi connectivity index (χ1v) is 6.44. The highest BCUT2D eigenvalue weighted by Gasteiger charge is 2.16. The lowest BCUT2D eigenvalue weighted by Crippen LogP contribution is -1.94. The van der Waals surface area contributed by atoms with Crippen LogP contribution in [0.4, 0.5) is 0 Å². The number of phenolic OH excluding ortho intramolecular Hbond substituents is 3. The normalized spacial score (nSPS) is 10.6. The van der Waals surface area contributed by atoms with Gasteiger partial charge in [-0.3, -0.25) is 0 Å². The van der Waals surface area contributed by atoms with Crippen LogP contribution in [0.1, 0.15) is 25.0 Å². The molecule has 0 saturated heterocycles. The Morgan fingerprint density at radius 2 is 1.42 bits per heavy atom. The van der Waals surface area contributed by atoms with E-state index in [1.165, 1.54) is 0 Å². The third kappa shape index (κ3) is 2.36. The Hall–Kier alpha value is -2.16. The molecule has 3 nitrogen and oxygen atoms in total. The molecule has 0 amide bonds. The molecule has 0 unspecified atom stereocenters. The van der Waals surface area contributed by atoms with E-state index >= 15 is 0 Å². The van der Waals surface area contributed by atoms with Gasteiger partial charge in [0.15, 0.2) is 0 Å². The van der Waals surface area contributed by atoms with Crippen molar-refractivity contribution in [3.8, 4) is 28.4 Å². The molecule has 0 spiro atoms. The van der Waals surface area contributed by atoms with Crippen LogP contribution in [0, 0.1) is 0 Å². The second-order valence-electron chi connectivity index (χ2n) is 4.50. The van der Waals surface area contributed by atoms with Crippen LogP contribution >= 0.6 is 0 Å².